The highest BCUT2D eigenvalue weighted by Crippen LogP contribution is 2.33. The molecule has 0 saturated heterocycles. The summed E-state index contributed by atoms with van der Waals surface area (Å²) < 4.78 is 7.73. The number of nitrogens with two attached hydrogens (primary N) is 2. The van der Waals surface area contributed by atoms with Gasteiger partial charge in [0.2, 0.25) is 0 Å². The molecule has 32 heavy (non-hydrogen) atoms. The van der Waals surface area contributed by atoms with Gasteiger partial charge in [-0.3, -0.25) is 0 Å². The molecule has 0 aliphatic rings. The first-order valence-corrected chi connectivity index (χ1v) is 10.3. The van der Waals surface area contributed by atoms with E-state index in [0.29, 0.717) is 36.0 Å². The Morgan fingerprint density at radius 1 is 0.844 bits per heavy atom. The van der Waals surface area contributed by atoms with Gasteiger partial charge in [-0.2, -0.15) is 5.10 Å². The van der Waals surface area contributed by atoms with Crippen molar-refractivity contribution in [1.29, 1.82) is 0 Å². The fourth-order valence-corrected chi connectivity index (χ4v) is 3.66. The summed E-state index contributed by atoms with van der Waals surface area (Å²) in [6.07, 6.45) is 1.43. The van der Waals surface area contributed by atoms with Crippen molar-refractivity contribution < 1.29 is 4.74 Å². The number of aromatic nitrogens is 4. The monoisotopic (exact) mass is 422 g/mol. The molecule has 0 spiro atoms. The summed E-state index contributed by atoms with van der Waals surface area (Å²) in [6, 6.07) is 25.8. The lowest BCUT2D eigenvalue weighted by molar-refractivity contribution is 0.306. The van der Waals surface area contributed by atoms with Gasteiger partial charge >= 0.3 is 0 Å². The second-order valence-corrected chi connectivity index (χ2v) is 7.40. The van der Waals surface area contributed by atoms with E-state index in [-0.39, 0.29) is 0 Å². The second-order valence-electron chi connectivity index (χ2n) is 7.40. The fraction of sp³-hybridized carbons (Fsp3) is 0.0800. The van der Waals surface area contributed by atoms with Gasteiger partial charge in [0.25, 0.3) is 0 Å². The zero-order chi connectivity index (χ0) is 21.9. The van der Waals surface area contributed by atoms with Crippen LogP contribution in [0.25, 0.3) is 28.2 Å². The third-order valence-electron chi connectivity index (χ3n) is 5.24. The molecule has 2 aromatic heterocycles. The van der Waals surface area contributed by atoms with Crippen LogP contribution in [0.1, 0.15) is 11.1 Å². The highest BCUT2D eigenvalue weighted by atomic mass is 16.5. The maximum Gasteiger partial charge on any atom is 0.162 e. The van der Waals surface area contributed by atoms with Gasteiger partial charge in [-0.05, 0) is 29.3 Å². The zero-order valence-electron chi connectivity index (χ0n) is 17.3. The highest BCUT2D eigenvalue weighted by Gasteiger charge is 2.19. The summed E-state index contributed by atoms with van der Waals surface area (Å²) in [4.78, 5) is 9.10. The number of hydrogen-bond donors (Lipinski definition) is 2. The lowest BCUT2D eigenvalue weighted by Crippen LogP contribution is -2.01. The number of nitrogen functional groups attached to an aromatic ring is 1. The summed E-state index contributed by atoms with van der Waals surface area (Å²) in [5.74, 6) is 1.78. The van der Waals surface area contributed by atoms with Crippen LogP contribution in [0.3, 0.4) is 0 Å². The van der Waals surface area contributed by atoms with Gasteiger partial charge < -0.3 is 16.2 Å². The minimum Gasteiger partial charge on any atom is -0.489 e. The van der Waals surface area contributed by atoms with Crippen LogP contribution >= 0.6 is 0 Å². The third-order valence-corrected chi connectivity index (χ3v) is 5.24. The molecule has 0 bridgehead atoms. The molecule has 3 aromatic carbocycles. The smallest absolute Gasteiger partial charge is 0.162 e. The molecule has 0 amide bonds. The molecule has 2 heterocycles. The third kappa shape index (κ3) is 3.77. The van der Waals surface area contributed by atoms with E-state index in [0.717, 1.165) is 28.0 Å². The molecule has 5 aromatic rings. The standard InChI is InChI=1S/C25H22N6O/c26-14-18-8-4-10-20(12-18)25-30-22(23-24(27)28-16-29-31(23)25)19-9-5-11-21(13-19)32-15-17-6-2-1-3-7-17/h1-13,16H,14-15,26H2,(H2,27,28,29). The maximum absolute atomic E-state index is 6.25. The molecule has 4 N–H and O–H groups in total. The molecule has 0 fully saturated rings. The van der Waals surface area contributed by atoms with E-state index in [4.69, 9.17) is 21.2 Å². The molecule has 0 unspecified atom stereocenters. The van der Waals surface area contributed by atoms with Gasteiger partial charge in [-0.25, -0.2) is 14.5 Å². The first kappa shape index (κ1) is 19.7. The number of benzene rings is 3. The molecule has 0 saturated carbocycles. The van der Waals surface area contributed by atoms with Crippen LogP contribution in [0.5, 0.6) is 5.75 Å². The van der Waals surface area contributed by atoms with Crippen molar-refractivity contribution in [2.24, 2.45) is 5.73 Å². The lowest BCUT2D eigenvalue weighted by Gasteiger charge is -2.08. The Kier molecular flexibility index (Phi) is 5.23. The molecular weight excluding hydrogens is 400 g/mol. The minimum atomic E-state index is 0.360. The van der Waals surface area contributed by atoms with Gasteiger partial charge in [0.1, 0.15) is 29.9 Å². The van der Waals surface area contributed by atoms with Crippen molar-refractivity contribution in [1.82, 2.24) is 19.6 Å². The topological polar surface area (TPSA) is 104 Å². The largest absolute Gasteiger partial charge is 0.489 e. The van der Waals surface area contributed by atoms with Crippen LogP contribution in [0.2, 0.25) is 0 Å². The number of rotatable bonds is 6. The van der Waals surface area contributed by atoms with Crippen molar-refractivity contribution in [2.75, 3.05) is 5.73 Å². The molecule has 0 aliphatic heterocycles. The summed E-state index contributed by atoms with van der Waals surface area (Å²) in [7, 11) is 0. The van der Waals surface area contributed by atoms with Crippen LogP contribution in [0, 0.1) is 0 Å². The minimum absolute atomic E-state index is 0.360. The number of anilines is 1. The quantitative estimate of drug-likeness (QED) is 0.427. The highest BCUT2D eigenvalue weighted by molar-refractivity contribution is 5.87. The Labute approximate surface area is 185 Å². The maximum atomic E-state index is 6.25. The summed E-state index contributed by atoms with van der Waals surface area (Å²) in [5, 5.41) is 4.42. The van der Waals surface area contributed by atoms with Crippen molar-refractivity contribution in [3.8, 4) is 28.4 Å². The van der Waals surface area contributed by atoms with E-state index in [9.17, 15) is 0 Å². The Bertz CT molecular complexity index is 1380. The number of nitrogens with zero attached hydrogens (tertiary/aromatic N) is 4. The Morgan fingerprint density at radius 3 is 2.47 bits per heavy atom. The van der Waals surface area contributed by atoms with E-state index < -0.39 is 0 Å². The normalized spacial score (nSPS) is 11.0. The van der Waals surface area contributed by atoms with E-state index in [1.54, 1.807) is 4.52 Å². The lowest BCUT2D eigenvalue weighted by atomic mass is 10.1. The second kappa shape index (κ2) is 8.49. The Balaban J connectivity index is 1.57. The predicted octanol–water partition coefficient (Wildman–Crippen LogP) is 4.08. The fourth-order valence-electron chi connectivity index (χ4n) is 3.66. The van der Waals surface area contributed by atoms with Gasteiger partial charge in [0, 0.05) is 17.7 Å². The number of ether oxygens (including phenoxy) is 1. The van der Waals surface area contributed by atoms with Crippen molar-refractivity contribution in [2.45, 2.75) is 13.2 Å². The van der Waals surface area contributed by atoms with Crippen LogP contribution in [0.4, 0.5) is 5.82 Å². The van der Waals surface area contributed by atoms with Crippen LogP contribution < -0.4 is 16.2 Å². The van der Waals surface area contributed by atoms with Gasteiger partial charge in [0.05, 0.1) is 0 Å². The molecule has 7 heteroatoms. The molecular formula is C25H22N6O. The van der Waals surface area contributed by atoms with Crippen molar-refractivity contribution in [3.05, 3.63) is 96.3 Å². The molecule has 7 nitrogen and oxygen atoms in total. The number of hydrogen-bond acceptors (Lipinski definition) is 6. The van der Waals surface area contributed by atoms with E-state index >= 15 is 0 Å². The summed E-state index contributed by atoms with van der Waals surface area (Å²) in [5.41, 5.74) is 17.3. The first-order valence-electron chi connectivity index (χ1n) is 10.3. The summed E-state index contributed by atoms with van der Waals surface area (Å²) in [6.45, 7) is 0.929. The summed E-state index contributed by atoms with van der Waals surface area (Å²) >= 11 is 0. The van der Waals surface area contributed by atoms with Crippen LogP contribution in [-0.4, -0.2) is 19.6 Å². The van der Waals surface area contributed by atoms with Crippen molar-refractivity contribution in [3.63, 3.8) is 0 Å². The molecule has 0 radical (unpaired) electrons. The molecule has 5 rings (SSSR count). The van der Waals surface area contributed by atoms with Crippen LogP contribution in [-0.2, 0) is 13.2 Å². The predicted molar refractivity (Wildman–Crippen MR) is 125 cm³/mol. The SMILES string of the molecule is NCc1cccc(-c2nc(-c3cccc(OCc4ccccc4)c3)c3c(N)ncnn23)c1. The van der Waals surface area contributed by atoms with E-state index in [1.165, 1.54) is 6.33 Å². The van der Waals surface area contributed by atoms with Gasteiger partial charge in [-0.15, -0.1) is 0 Å². The van der Waals surface area contributed by atoms with Gasteiger partial charge in [0.15, 0.2) is 11.6 Å². The molecule has 158 valence electrons. The first-order chi connectivity index (χ1) is 15.7. The Morgan fingerprint density at radius 2 is 1.62 bits per heavy atom. The molecule has 0 atom stereocenters. The van der Waals surface area contributed by atoms with Crippen molar-refractivity contribution >= 4 is 11.3 Å². The van der Waals surface area contributed by atoms with Gasteiger partial charge in [-0.1, -0.05) is 60.7 Å². The number of imidazole rings is 1. The average Bonchev–Trinajstić information content (AvgIpc) is 3.25. The Hall–Kier alpha value is -4.23. The average molecular weight is 422 g/mol. The zero-order valence-corrected chi connectivity index (χ0v) is 17.3. The number of fused-ring (bicyclic) bond motifs is 1. The van der Waals surface area contributed by atoms with Crippen LogP contribution in [0.15, 0.2) is 85.2 Å². The molecule has 0 aliphatic carbocycles. The van der Waals surface area contributed by atoms with E-state index in [1.807, 2.05) is 78.9 Å². The van der Waals surface area contributed by atoms with E-state index in [2.05, 4.69) is 10.1 Å².